The van der Waals surface area contributed by atoms with Crippen molar-refractivity contribution in [3.05, 3.63) is 38.7 Å². The van der Waals surface area contributed by atoms with Crippen molar-refractivity contribution >= 4 is 16.7 Å². The van der Waals surface area contributed by atoms with Gasteiger partial charge in [-0.05, 0) is 13.0 Å². The zero-order valence-corrected chi connectivity index (χ0v) is 7.37. The molecule has 2 rings (SSSR count). The number of fused-ring (bicyclic) bond motifs is 1. The van der Waals surface area contributed by atoms with E-state index < -0.39 is 11.3 Å². The number of anilines is 1. The van der Waals surface area contributed by atoms with E-state index in [0.29, 0.717) is 5.76 Å². The Hall–Kier alpha value is -2.04. The van der Waals surface area contributed by atoms with E-state index in [4.69, 9.17) is 14.6 Å². The maximum Gasteiger partial charge on any atom is 0.359 e. The average molecular weight is 193 g/mol. The summed E-state index contributed by atoms with van der Waals surface area (Å²) in [5, 5.41) is 0.174. The van der Waals surface area contributed by atoms with Crippen molar-refractivity contribution in [1.82, 2.24) is 0 Å². The van der Waals surface area contributed by atoms with E-state index in [0.717, 1.165) is 0 Å². The highest BCUT2D eigenvalue weighted by Gasteiger charge is 2.07. The molecule has 2 aromatic rings. The van der Waals surface area contributed by atoms with Crippen LogP contribution in [0.15, 0.2) is 30.6 Å². The molecule has 0 saturated carbocycles. The summed E-state index contributed by atoms with van der Waals surface area (Å²) in [5.74, 6) is 0.385. The van der Waals surface area contributed by atoms with Crippen molar-refractivity contribution in [1.29, 1.82) is 0 Å². The zero-order chi connectivity index (χ0) is 10.3. The van der Waals surface area contributed by atoms with Crippen LogP contribution in [0.1, 0.15) is 5.76 Å². The number of rotatable bonds is 0. The number of nitrogen functional groups attached to an aromatic ring is 1. The summed E-state index contributed by atoms with van der Waals surface area (Å²) in [4.78, 5) is 22.3. The van der Waals surface area contributed by atoms with E-state index >= 15 is 0 Å². The van der Waals surface area contributed by atoms with Gasteiger partial charge in [-0.1, -0.05) is 0 Å². The monoisotopic (exact) mass is 193 g/mol. The quantitative estimate of drug-likeness (QED) is 0.663. The lowest BCUT2D eigenvalue weighted by atomic mass is 10.2. The lowest BCUT2D eigenvalue weighted by Gasteiger charge is -1.97. The van der Waals surface area contributed by atoms with E-state index in [-0.39, 0.29) is 16.7 Å². The molecule has 0 saturated heterocycles. The Morgan fingerprint density at radius 1 is 1.14 bits per heavy atom. The van der Waals surface area contributed by atoms with Gasteiger partial charge in [0.25, 0.3) is 0 Å². The molecular formula is C9H7NO4. The Balaban J connectivity index is 3.04. The van der Waals surface area contributed by atoms with Gasteiger partial charge < -0.3 is 14.6 Å². The molecule has 5 nitrogen and oxygen atoms in total. The molecule has 0 unspecified atom stereocenters. The summed E-state index contributed by atoms with van der Waals surface area (Å²) in [6.07, 6.45) is 0. The fourth-order valence-electron chi connectivity index (χ4n) is 1.18. The van der Waals surface area contributed by atoms with Gasteiger partial charge >= 0.3 is 11.3 Å². The van der Waals surface area contributed by atoms with Crippen LogP contribution in [0.4, 0.5) is 5.69 Å². The smallest absolute Gasteiger partial charge is 0.359 e. The first-order chi connectivity index (χ1) is 6.58. The van der Waals surface area contributed by atoms with Crippen molar-refractivity contribution in [2.75, 3.05) is 5.73 Å². The first kappa shape index (κ1) is 8.55. The fraction of sp³-hybridized carbons (Fsp3) is 0.111. The van der Waals surface area contributed by atoms with Crippen molar-refractivity contribution < 1.29 is 8.83 Å². The van der Waals surface area contributed by atoms with Gasteiger partial charge in [0.2, 0.25) is 0 Å². The Morgan fingerprint density at radius 3 is 2.57 bits per heavy atom. The van der Waals surface area contributed by atoms with E-state index in [1.807, 2.05) is 0 Å². The lowest BCUT2D eigenvalue weighted by Crippen LogP contribution is -2.09. The Bertz CT molecular complexity index is 608. The second kappa shape index (κ2) is 2.73. The molecule has 0 aliphatic rings. The molecule has 0 bridgehead atoms. The van der Waals surface area contributed by atoms with Gasteiger partial charge in [0.1, 0.15) is 22.4 Å². The molecule has 2 N–H and O–H groups in total. The van der Waals surface area contributed by atoms with E-state index in [2.05, 4.69) is 0 Å². The van der Waals surface area contributed by atoms with Crippen molar-refractivity contribution in [3.63, 3.8) is 0 Å². The molecule has 0 aliphatic carbocycles. The number of nitrogens with two attached hydrogens (primary N) is 1. The van der Waals surface area contributed by atoms with Gasteiger partial charge in [-0.3, -0.25) is 0 Å². The van der Waals surface area contributed by atoms with Crippen LogP contribution in [0.25, 0.3) is 11.0 Å². The van der Waals surface area contributed by atoms with Crippen LogP contribution >= 0.6 is 0 Å². The minimum atomic E-state index is -0.650. The average Bonchev–Trinajstić information content (AvgIpc) is 2.08. The molecule has 5 heteroatoms. The van der Waals surface area contributed by atoms with Crippen LogP contribution in [0.3, 0.4) is 0 Å². The molecule has 0 atom stereocenters. The van der Waals surface area contributed by atoms with E-state index in [1.165, 1.54) is 12.1 Å². The molecule has 72 valence electrons. The summed E-state index contributed by atoms with van der Waals surface area (Å²) < 4.78 is 9.63. The van der Waals surface area contributed by atoms with Crippen LogP contribution in [0.5, 0.6) is 0 Å². The van der Waals surface area contributed by atoms with Crippen LogP contribution in [0.2, 0.25) is 0 Å². The van der Waals surface area contributed by atoms with Crippen LogP contribution in [-0.2, 0) is 0 Å². The minimum Gasteiger partial charge on any atom is -0.428 e. The number of hydrogen-bond donors (Lipinski definition) is 1. The molecule has 0 aromatic carbocycles. The van der Waals surface area contributed by atoms with E-state index in [1.54, 1.807) is 6.92 Å². The topological polar surface area (TPSA) is 86.4 Å². The van der Waals surface area contributed by atoms with Crippen LogP contribution in [0, 0.1) is 6.92 Å². The molecule has 0 fully saturated rings. The standard InChI is InChI=1S/C9H7NO4/c1-4-2-7-5(8(11)13-4)3-6(10)9(12)14-7/h2-3H,10H2,1H3. The molecule has 0 aliphatic heterocycles. The van der Waals surface area contributed by atoms with Gasteiger partial charge in [0, 0.05) is 6.07 Å². The fourth-order valence-corrected chi connectivity index (χ4v) is 1.18. The molecule has 14 heavy (non-hydrogen) atoms. The molecule has 0 amide bonds. The summed E-state index contributed by atoms with van der Waals surface area (Å²) in [7, 11) is 0. The first-order valence-electron chi connectivity index (χ1n) is 3.92. The lowest BCUT2D eigenvalue weighted by molar-refractivity contribution is 0.479. The highest BCUT2D eigenvalue weighted by Crippen LogP contribution is 2.11. The van der Waals surface area contributed by atoms with Crippen molar-refractivity contribution in [2.45, 2.75) is 6.92 Å². The summed E-state index contributed by atoms with van der Waals surface area (Å²) in [5.41, 5.74) is 4.19. The Kier molecular flexibility index (Phi) is 1.67. The maximum absolute atomic E-state index is 11.3. The minimum absolute atomic E-state index is 0.103. The third kappa shape index (κ3) is 1.19. The van der Waals surface area contributed by atoms with Gasteiger partial charge in [-0.15, -0.1) is 0 Å². The molecule has 0 radical (unpaired) electrons. The van der Waals surface area contributed by atoms with E-state index in [9.17, 15) is 9.59 Å². The summed E-state index contributed by atoms with van der Waals surface area (Å²) in [6.45, 7) is 1.59. The summed E-state index contributed by atoms with van der Waals surface area (Å²) in [6, 6.07) is 2.73. The second-order valence-corrected chi connectivity index (χ2v) is 2.91. The van der Waals surface area contributed by atoms with Gasteiger partial charge in [0.15, 0.2) is 0 Å². The molecule has 2 aromatic heterocycles. The number of hydrogen-bond acceptors (Lipinski definition) is 5. The predicted molar refractivity (Wildman–Crippen MR) is 50.2 cm³/mol. The second-order valence-electron chi connectivity index (χ2n) is 2.91. The Morgan fingerprint density at radius 2 is 1.86 bits per heavy atom. The zero-order valence-electron chi connectivity index (χ0n) is 7.37. The van der Waals surface area contributed by atoms with Crippen molar-refractivity contribution in [3.8, 4) is 0 Å². The third-order valence-corrected chi connectivity index (χ3v) is 1.81. The van der Waals surface area contributed by atoms with Gasteiger partial charge in [-0.25, -0.2) is 9.59 Å². The summed E-state index contributed by atoms with van der Waals surface area (Å²) >= 11 is 0. The van der Waals surface area contributed by atoms with Gasteiger partial charge in [-0.2, -0.15) is 0 Å². The van der Waals surface area contributed by atoms with Gasteiger partial charge in [0.05, 0.1) is 0 Å². The first-order valence-corrected chi connectivity index (χ1v) is 3.92. The molecular weight excluding hydrogens is 186 g/mol. The van der Waals surface area contributed by atoms with Crippen molar-refractivity contribution in [2.24, 2.45) is 0 Å². The predicted octanol–water partition coefficient (Wildman–Crippen LogP) is 0.637. The normalized spacial score (nSPS) is 10.6. The molecule has 0 spiro atoms. The van der Waals surface area contributed by atoms with Crippen LogP contribution < -0.4 is 17.0 Å². The highest BCUT2D eigenvalue weighted by atomic mass is 16.4. The largest absolute Gasteiger partial charge is 0.428 e. The maximum atomic E-state index is 11.3. The van der Waals surface area contributed by atoms with Crippen LogP contribution in [-0.4, -0.2) is 0 Å². The third-order valence-electron chi connectivity index (χ3n) is 1.81. The SMILES string of the molecule is Cc1cc2oc(=O)c(N)cc2c(=O)o1. The highest BCUT2D eigenvalue weighted by molar-refractivity contribution is 5.77. The molecule has 2 heterocycles. The number of aryl methyl sites for hydroxylation is 1. The Labute approximate surface area is 77.8 Å².